The van der Waals surface area contributed by atoms with E-state index in [9.17, 15) is 9.59 Å². The van der Waals surface area contributed by atoms with Crippen molar-refractivity contribution in [2.24, 2.45) is 5.10 Å². The highest BCUT2D eigenvalue weighted by atomic mass is 16.5. The highest BCUT2D eigenvalue weighted by Gasteiger charge is 2.33. The number of rotatable bonds is 8. The van der Waals surface area contributed by atoms with Crippen LogP contribution in [0.4, 0.5) is 0 Å². The smallest absolute Gasteiger partial charge is 0.310 e. The van der Waals surface area contributed by atoms with E-state index >= 15 is 0 Å². The molecule has 0 fully saturated rings. The van der Waals surface area contributed by atoms with Crippen molar-refractivity contribution in [1.82, 2.24) is 5.01 Å². The quantitative estimate of drug-likeness (QED) is 0.283. The predicted octanol–water partition coefficient (Wildman–Crippen LogP) is 5.83. The van der Waals surface area contributed by atoms with Gasteiger partial charge in [0.05, 0.1) is 25.3 Å². The normalized spacial score (nSPS) is 14.6. The van der Waals surface area contributed by atoms with Crippen LogP contribution in [0.25, 0.3) is 11.1 Å². The fraction of sp³-hybridized carbons (Fsp3) is 0.156. The van der Waals surface area contributed by atoms with Gasteiger partial charge in [-0.3, -0.25) is 9.59 Å². The first-order valence-electron chi connectivity index (χ1n) is 12.5. The van der Waals surface area contributed by atoms with E-state index < -0.39 is 5.97 Å². The number of hydrogen-bond donors (Lipinski definition) is 0. The second-order valence-corrected chi connectivity index (χ2v) is 9.04. The molecule has 4 aromatic carbocycles. The number of benzene rings is 4. The minimum absolute atomic E-state index is 0.0861. The molecule has 1 unspecified atom stereocenters. The van der Waals surface area contributed by atoms with Gasteiger partial charge in [0.1, 0.15) is 5.75 Å². The molecule has 4 aromatic rings. The van der Waals surface area contributed by atoms with Crippen molar-refractivity contribution in [2.75, 3.05) is 13.7 Å². The van der Waals surface area contributed by atoms with E-state index in [-0.39, 0.29) is 25.0 Å². The van der Waals surface area contributed by atoms with Crippen molar-refractivity contribution in [3.63, 3.8) is 0 Å². The van der Waals surface area contributed by atoms with Crippen LogP contribution in [0.15, 0.2) is 114 Å². The number of hydrogen-bond acceptors (Lipinski definition) is 5. The molecule has 6 nitrogen and oxygen atoms in total. The molecule has 1 amide bonds. The lowest BCUT2D eigenvalue weighted by Crippen LogP contribution is -2.31. The van der Waals surface area contributed by atoms with E-state index in [1.165, 1.54) is 5.01 Å². The monoisotopic (exact) mass is 504 g/mol. The summed E-state index contributed by atoms with van der Waals surface area (Å²) >= 11 is 0. The van der Waals surface area contributed by atoms with Crippen LogP contribution in [-0.4, -0.2) is 36.3 Å². The molecule has 1 atom stereocenters. The Morgan fingerprint density at radius 1 is 0.789 bits per heavy atom. The minimum Gasteiger partial charge on any atom is -0.497 e. The highest BCUT2D eigenvalue weighted by Crippen LogP contribution is 2.33. The third-order valence-corrected chi connectivity index (χ3v) is 6.54. The molecule has 5 rings (SSSR count). The van der Waals surface area contributed by atoms with Crippen LogP contribution in [0.5, 0.6) is 5.75 Å². The maximum absolute atomic E-state index is 13.2. The topological polar surface area (TPSA) is 68.2 Å². The number of hydrazone groups is 1. The molecule has 0 saturated carbocycles. The average molecular weight is 505 g/mol. The van der Waals surface area contributed by atoms with E-state index in [1.807, 2.05) is 109 Å². The van der Waals surface area contributed by atoms with E-state index in [2.05, 4.69) is 5.10 Å². The Morgan fingerprint density at radius 3 is 2.03 bits per heavy atom. The molecule has 190 valence electrons. The van der Waals surface area contributed by atoms with Crippen molar-refractivity contribution < 1.29 is 19.1 Å². The fourth-order valence-corrected chi connectivity index (χ4v) is 4.50. The zero-order valence-electron chi connectivity index (χ0n) is 21.1. The average Bonchev–Trinajstić information content (AvgIpc) is 3.43. The molecule has 0 aromatic heterocycles. The molecule has 0 N–H and O–H groups in total. The Kier molecular flexibility index (Phi) is 7.59. The Labute approximate surface area is 222 Å². The number of carbonyl (C=O) groups excluding carboxylic acids is 2. The summed E-state index contributed by atoms with van der Waals surface area (Å²) in [6.45, 7) is -0.376. The van der Waals surface area contributed by atoms with Gasteiger partial charge in [0, 0.05) is 6.42 Å². The first-order valence-corrected chi connectivity index (χ1v) is 12.5. The van der Waals surface area contributed by atoms with E-state index in [1.54, 1.807) is 7.11 Å². The molecule has 0 saturated heterocycles. The standard InChI is InChI=1S/C32H28N2O4/c1-37-28-18-16-27(17-19-28)30-21-29(26-10-6-3-7-11-26)33-34(30)31(35)22-38-32(36)20-23-12-14-25(15-13-23)24-8-4-2-5-9-24/h2-19,30H,20-22H2,1H3. The van der Waals surface area contributed by atoms with Gasteiger partial charge in [0.25, 0.3) is 5.91 Å². The number of methoxy groups -OCH3 is 1. The van der Waals surface area contributed by atoms with E-state index in [0.717, 1.165) is 39.3 Å². The molecule has 0 spiro atoms. The number of amides is 1. The van der Waals surface area contributed by atoms with Crippen LogP contribution < -0.4 is 4.74 Å². The third kappa shape index (κ3) is 5.81. The summed E-state index contributed by atoms with van der Waals surface area (Å²) < 4.78 is 10.6. The van der Waals surface area contributed by atoms with Crippen molar-refractivity contribution in [1.29, 1.82) is 0 Å². The van der Waals surface area contributed by atoms with Gasteiger partial charge in [-0.1, -0.05) is 97.1 Å². The summed E-state index contributed by atoms with van der Waals surface area (Å²) in [5, 5.41) is 6.07. The SMILES string of the molecule is COc1ccc(C2CC(c3ccccc3)=NN2C(=O)COC(=O)Cc2ccc(-c3ccccc3)cc2)cc1. The first-order chi connectivity index (χ1) is 18.6. The highest BCUT2D eigenvalue weighted by molar-refractivity contribution is 6.03. The maximum Gasteiger partial charge on any atom is 0.310 e. The van der Waals surface area contributed by atoms with Crippen molar-refractivity contribution in [2.45, 2.75) is 18.9 Å². The number of esters is 1. The molecule has 6 heteroatoms. The van der Waals surface area contributed by atoms with Crippen LogP contribution in [-0.2, 0) is 20.7 Å². The van der Waals surface area contributed by atoms with E-state index in [0.29, 0.717) is 6.42 Å². The molecule has 38 heavy (non-hydrogen) atoms. The molecule has 0 aliphatic carbocycles. The first kappa shape index (κ1) is 25.0. The van der Waals surface area contributed by atoms with Crippen LogP contribution in [0, 0.1) is 0 Å². The molecule has 1 aliphatic rings. The summed E-state index contributed by atoms with van der Waals surface area (Å²) in [6.07, 6.45) is 0.645. The molecule has 0 radical (unpaired) electrons. The van der Waals surface area contributed by atoms with Gasteiger partial charge in [0.2, 0.25) is 0 Å². The molecule has 0 bridgehead atoms. The van der Waals surface area contributed by atoms with Crippen molar-refractivity contribution in [3.05, 3.63) is 126 Å². The Balaban J connectivity index is 1.24. The van der Waals surface area contributed by atoms with Gasteiger partial charge in [0.15, 0.2) is 6.61 Å². The lowest BCUT2D eigenvalue weighted by Gasteiger charge is -2.22. The van der Waals surface area contributed by atoms with Crippen molar-refractivity contribution >= 4 is 17.6 Å². The van der Waals surface area contributed by atoms with Gasteiger partial charge in [-0.2, -0.15) is 5.10 Å². The Bertz CT molecular complexity index is 1420. The predicted molar refractivity (Wildman–Crippen MR) is 147 cm³/mol. The molecular weight excluding hydrogens is 476 g/mol. The van der Waals surface area contributed by atoms with Crippen LogP contribution >= 0.6 is 0 Å². The molecule has 1 heterocycles. The lowest BCUT2D eigenvalue weighted by molar-refractivity contribution is -0.152. The van der Waals surface area contributed by atoms with Gasteiger partial charge in [-0.15, -0.1) is 0 Å². The van der Waals surface area contributed by atoms with Gasteiger partial charge in [-0.25, -0.2) is 5.01 Å². The number of ether oxygens (including phenoxy) is 2. The van der Waals surface area contributed by atoms with Gasteiger partial charge < -0.3 is 9.47 Å². The van der Waals surface area contributed by atoms with E-state index in [4.69, 9.17) is 9.47 Å². The summed E-state index contributed by atoms with van der Waals surface area (Å²) in [5.74, 6) is -0.0950. The fourth-order valence-electron chi connectivity index (χ4n) is 4.50. The van der Waals surface area contributed by atoms with Crippen molar-refractivity contribution in [3.8, 4) is 16.9 Å². The van der Waals surface area contributed by atoms with Gasteiger partial charge >= 0.3 is 5.97 Å². The second kappa shape index (κ2) is 11.6. The van der Waals surface area contributed by atoms with Crippen LogP contribution in [0.1, 0.15) is 29.2 Å². The summed E-state index contributed by atoms with van der Waals surface area (Å²) in [7, 11) is 1.61. The number of nitrogens with zero attached hydrogens (tertiary/aromatic N) is 2. The second-order valence-electron chi connectivity index (χ2n) is 9.04. The zero-order valence-corrected chi connectivity index (χ0v) is 21.1. The molecule has 1 aliphatic heterocycles. The maximum atomic E-state index is 13.2. The van der Waals surface area contributed by atoms with Gasteiger partial charge in [-0.05, 0) is 39.9 Å². The Morgan fingerprint density at radius 2 is 1.39 bits per heavy atom. The molecular formula is C32H28N2O4. The summed E-state index contributed by atoms with van der Waals surface area (Å²) in [6, 6.07) is 34.9. The third-order valence-electron chi connectivity index (χ3n) is 6.54. The summed E-state index contributed by atoms with van der Waals surface area (Å²) in [4.78, 5) is 25.8. The zero-order chi connectivity index (χ0) is 26.3. The minimum atomic E-state index is -0.460. The largest absolute Gasteiger partial charge is 0.497 e. The lowest BCUT2D eigenvalue weighted by atomic mass is 9.98. The van der Waals surface area contributed by atoms with Crippen LogP contribution in [0.3, 0.4) is 0 Å². The number of carbonyl (C=O) groups is 2. The summed E-state index contributed by atoms with van der Waals surface area (Å²) in [5.41, 5.74) is 5.70. The van der Waals surface area contributed by atoms with Crippen LogP contribution in [0.2, 0.25) is 0 Å². The Hall–Kier alpha value is -4.71.